The maximum absolute atomic E-state index is 12.1. The number of nitrogens with zero attached hydrogens (tertiary/aromatic N) is 2. The highest BCUT2D eigenvalue weighted by Gasteiger charge is 2.41. The number of likely N-dealkylation sites (tertiary alicyclic amines) is 1. The van der Waals surface area contributed by atoms with E-state index in [9.17, 15) is 4.79 Å². The summed E-state index contributed by atoms with van der Waals surface area (Å²) < 4.78 is 11.5. The van der Waals surface area contributed by atoms with Gasteiger partial charge in [-0.25, -0.2) is 4.79 Å². The molecule has 5 heteroatoms. The van der Waals surface area contributed by atoms with Crippen molar-refractivity contribution in [2.24, 2.45) is 0 Å². The molecule has 2 rings (SSSR count). The fraction of sp³-hybridized carbons (Fsp3) is 0.938. The molecule has 122 valence electrons. The molecule has 2 heterocycles. The first kappa shape index (κ1) is 16.6. The minimum atomic E-state index is -0.429. The Morgan fingerprint density at radius 2 is 1.81 bits per heavy atom. The van der Waals surface area contributed by atoms with Crippen molar-refractivity contribution in [2.45, 2.75) is 64.7 Å². The van der Waals surface area contributed by atoms with Gasteiger partial charge in [0.1, 0.15) is 5.60 Å². The summed E-state index contributed by atoms with van der Waals surface area (Å²) in [6.45, 7) is 14.4. The highest BCUT2D eigenvalue weighted by atomic mass is 16.6. The van der Waals surface area contributed by atoms with E-state index < -0.39 is 5.60 Å². The number of hydrogen-bond acceptors (Lipinski definition) is 4. The van der Waals surface area contributed by atoms with Gasteiger partial charge in [-0.05, 0) is 47.5 Å². The largest absolute Gasteiger partial charge is 0.444 e. The van der Waals surface area contributed by atoms with E-state index in [2.05, 4.69) is 18.7 Å². The molecule has 0 aromatic carbocycles. The van der Waals surface area contributed by atoms with Gasteiger partial charge < -0.3 is 14.4 Å². The number of amides is 1. The number of carbonyl (C=O) groups is 1. The quantitative estimate of drug-likeness (QED) is 0.746. The van der Waals surface area contributed by atoms with Crippen molar-refractivity contribution in [3.63, 3.8) is 0 Å². The first-order valence-corrected chi connectivity index (χ1v) is 8.07. The molecule has 0 aromatic heterocycles. The van der Waals surface area contributed by atoms with E-state index in [1.807, 2.05) is 25.7 Å². The fourth-order valence-electron chi connectivity index (χ4n) is 3.04. The van der Waals surface area contributed by atoms with E-state index in [4.69, 9.17) is 9.47 Å². The van der Waals surface area contributed by atoms with Crippen molar-refractivity contribution in [1.29, 1.82) is 0 Å². The summed E-state index contributed by atoms with van der Waals surface area (Å²) in [6, 6.07) is 0.551. The average molecular weight is 298 g/mol. The highest BCUT2D eigenvalue weighted by molar-refractivity contribution is 5.68. The molecule has 5 nitrogen and oxygen atoms in total. The number of rotatable bonds is 1. The first-order chi connectivity index (χ1) is 9.71. The molecule has 2 aliphatic heterocycles. The molecule has 2 fully saturated rings. The summed E-state index contributed by atoms with van der Waals surface area (Å²) in [5, 5.41) is 0. The average Bonchev–Trinajstić information content (AvgIpc) is 2.37. The minimum Gasteiger partial charge on any atom is -0.444 e. The van der Waals surface area contributed by atoms with Crippen LogP contribution < -0.4 is 0 Å². The van der Waals surface area contributed by atoms with Crippen LogP contribution in [-0.4, -0.2) is 65.9 Å². The third-order valence-corrected chi connectivity index (χ3v) is 4.33. The van der Waals surface area contributed by atoms with E-state index in [-0.39, 0.29) is 11.7 Å². The molecule has 0 bridgehead atoms. The van der Waals surface area contributed by atoms with Gasteiger partial charge in [-0.3, -0.25) is 4.90 Å². The molecule has 0 aliphatic carbocycles. The fourth-order valence-corrected chi connectivity index (χ4v) is 3.04. The lowest BCUT2D eigenvalue weighted by Crippen LogP contribution is -2.58. The second-order valence-electron chi connectivity index (χ2n) is 7.56. The van der Waals surface area contributed by atoms with E-state index in [0.29, 0.717) is 6.04 Å². The van der Waals surface area contributed by atoms with Gasteiger partial charge in [-0.2, -0.15) is 0 Å². The van der Waals surface area contributed by atoms with Crippen LogP contribution in [0.4, 0.5) is 4.79 Å². The molecular formula is C16H30N2O3. The number of piperidine rings is 1. The molecule has 0 atom stereocenters. The van der Waals surface area contributed by atoms with Gasteiger partial charge in [0, 0.05) is 32.2 Å². The van der Waals surface area contributed by atoms with Gasteiger partial charge in [0.05, 0.1) is 12.2 Å². The lowest BCUT2D eigenvalue weighted by Gasteiger charge is -2.48. The summed E-state index contributed by atoms with van der Waals surface area (Å²) in [6.07, 6.45) is 1.60. The first-order valence-electron chi connectivity index (χ1n) is 8.07. The van der Waals surface area contributed by atoms with Crippen molar-refractivity contribution in [2.75, 3.05) is 32.8 Å². The van der Waals surface area contributed by atoms with Gasteiger partial charge in [0.25, 0.3) is 0 Å². The van der Waals surface area contributed by atoms with Gasteiger partial charge in [0.15, 0.2) is 0 Å². The van der Waals surface area contributed by atoms with Crippen molar-refractivity contribution in [3.8, 4) is 0 Å². The Hall–Kier alpha value is -0.810. The summed E-state index contributed by atoms with van der Waals surface area (Å²) in [5.41, 5.74) is -0.497. The zero-order valence-electron chi connectivity index (χ0n) is 14.1. The van der Waals surface area contributed by atoms with Crippen LogP contribution in [0.25, 0.3) is 0 Å². The Labute approximate surface area is 128 Å². The van der Waals surface area contributed by atoms with Crippen LogP contribution in [0.15, 0.2) is 0 Å². The summed E-state index contributed by atoms with van der Waals surface area (Å²) in [7, 11) is 0. The van der Waals surface area contributed by atoms with Crippen molar-refractivity contribution < 1.29 is 14.3 Å². The molecule has 0 saturated carbocycles. The van der Waals surface area contributed by atoms with Gasteiger partial charge in [0.2, 0.25) is 0 Å². The smallest absolute Gasteiger partial charge is 0.410 e. The molecule has 0 N–H and O–H groups in total. The van der Waals surface area contributed by atoms with Gasteiger partial charge in [-0.1, -0.05) is 0 Å². The summed E-state index contributed by atoms with van der Waals surface area (Å²) >= 11 is 0. The second-order valence-corrected chi connectivity index (χ2v) is 7.56. The molecule has 2 aliphatic rings. The Morgan fingerprint density at radius 3 is 2.33 bits per heavy atom. The molecule has 0 unspecified atom stereocenters. The van der Waals surface area contributed by atoms with E-state index in [1.54, 1.807) is 0 Å². The number of hydrogen-bond donors (Lipinski definition) is 0. The summed E-state index contributed by atoms with van der Waals surface area (Å²) in [4.78, 5) is 16.4. The van der Waals surface area contributed by atoms with Crippen molar-refractivity contribution in [3.05, 3.63) is 0 Å². The zero-order valence-corrected chi connectivity index (χ0v) is 14.1. The maximum atomic E-state index is 12.1. The standard InChI is InChI=1S/C16H30N2O3/c1-13(2)18-10-11-20-16(12-18)6-8-17(9-7-16)14(19)21-15(3,4)5/h13H,6-12H2,1-5H3. The highest BCUT2D eigenvalue weighted by Crippen LogP contribution is 2.31. The Morgan fingerprint density at radius 1 is 1.19 bits per heavy atom. The third-order valence-electron chi connectivity index (χ3n) is 4.33. The molecular weight excluding hydrogens is 268 g/mol. The lowest BCUT2D eigenvalue weighted by atomic mass is 9.89. The van der Waals surface area contributed by atoms with Crippen LogP contribution in [-0.2, 0) is 9.47 Å². The zero-order chi connectivity index (χ0) is 15.7. The van der Waals surface area contributed by atoms with Gasteiger partial charge >= 0.3 is 6.09 Å². The predicted octanol–water partition coefficient (Wildman–Crippen LogP) is 2.50. The van der Waals surface area contributed by atoms with Crippen LogP contribution >= 0.6 is 0 Å². The Balaban J connectivity index is 1.89. The molecule has 1 spiro atoms. The number of morpholine rings is 1. The monoisotopic (exact) mass is 298 g/mol. The van der Waals surface area contributed by atoms with E-state index in [0.717, 1.165) is 45.6 Å². The summed E-state index contributed by atoms with van der Waals surface area (Å²) in [5.74, 6) is 0. The van der Waals surface area contributed by atoms with Crippen LogP contribution in [0, 0.1) is 0 Å². The van der Waals surface area contributed by atoms with E-state index in [1.165, 1.54) is 0 Å². The van der Waals surface area contributed by atoms with Crippen molar-refractivity contribution in [1.82, 2.24) is 9.80 Å². The maximum Gasteiger partial charge on any atom is 0.410 e. The molecule has 21 heavy (non-hydrogen) atoms. The predicted molar refractivity (Wildman–Crippen MR) is 82.4 cm³/mol. The van der Waals surface area contributed by atoms with Crippen LogP contribution in [0.2, 0.25) is 0 Å². The number of carbonyl (C=O) groups excluding carboxylic acids is 1. The van der Waals surface area contributed by atoms with Crippen LogP contribution in [0.1, 0.15) is 47.5 Å². The third kappa shape index (κ3) is 4.33. The van der Waals surface area contributed by atoms with E-state index >= 15 is 0 Å². The molecule has 0 radical (unpaired) electrons. The van der Waals surface area contributed by atoms with Crippen LogP contribution in [0.5, 0.6) is 0 Å². The normalized spacial score (nSPS) is 23.6. The SMILES string of the molecule is CC(C)N1CCOC2(CCN(C(=O)OC(C)(C)C)CC2)C1. The Kier molecular flexibility index (Phi) is 4.83. The lowest BCUT2D eigenvalue weighted by molar-refractivity contribution is -0.140. The molecule has 0 aromatic rings. The molecule has 2 saturated heterocycles. The van der Waals surface area contributed by atoms with Gasteiger partial charge in [-0.15, -0.1) is 0 Å². The number of ether oxygens (including phenoxy) is 2. The molecule has 1 amide bonds. The van der Waals surface area contributed by atoms with Crippen LogP contribution in [0.3, 0.4) is 0 Å². The Bertz CT molecular complexity index is 368. The van der Waals surface area contributed by atoms with Crippen molar-refractivity contribution >= 4 is 6.09 Å². The topological polar surface area (TPSA) is 42.0 Å². The second kappa shape index (κ2) is 6.13. The minimum absolute atomic E-state index is 0.0684.